The van der Waals surface area contributed by atoms with E-state index < -0.39 is 0 Å². The molecule has 23 heavy (non-hydrogen) atoms. The average molecular weight is 338 g/mol. The van der Waals surface area contributed by atoms with Gasteiger partial charge in [-0.3, -0.25) is 4.79 Å². The number of nitrogens with two attached hydrogens (primary N) is 1. The predicted molar refractivity (Wildman–Crippen MR) is 96.8 cm³/mol. The highest BCUT2D eigenvalue weighted by Gasteiger charge is 2.30. The molecule has 1 saturated heterocycles. The van der Waals surface area contributed by atoms with Crippen molar-refractivity contribution in [3.05, 3.63) is 16.1 Å². The van der Waals surface area contributed by atoms with Crippen molar-refractivity contribution >= 4 is 17.2 Å². The van der Waals surface area contributed by atoms with Gasteiger partial charge in [-0.2, -0.15) is 0 Å². The van der Waals surface area contributed by atoms with E-state index in [9.17, 15) is 4.79 Å². The van der Waals surface area contributed by atoms with Crippen LogP contribution in [0.4, 0.5) is 0 Å². The van der Waals surface area contributed by atoms with E-state index >= 15 is 0 Å². The first-order chi connectivity index (χ1) is 10.7. The summed E-state index contributed by atoms with van der Waals surface area (Å²) in [5.74, 6) is 0.848. The van der Waals surface area contributed by atoms with Gasteiger partial charge < -0.3 is 10.6 Å². The van der Waals surface area contributed by atoms with Crippen LogP contribution in [-0.4, -0.2) is 34.9 Å². The summed E-state index contributed by atoms with van der Waals surface area (Å²) >= 11 is 1.77. The van der Waals surface area contributed by atoms with Crippen molar-refractivity contribution < 1.29 is 4.79 Å². The fourth-order valence-electron chi connectivity index (χ4n) is 2.87. The highest BCUT2D eigenvalue weighted by molar-refractivity contribution is 7.09. The Bertz CT molecular complexity index is 527. The van der Waals surface area contributed by atoms with Gasteiger partial charge in [0, 0.05) is 29.8 Å². The SMILES string of the molecule is CCC(C)C(N)C(=O)N1CCC(c2nc(C(C)(C)C)cs2)CC1. The summed E-state index contributed by atoms with van der Waals surface area (Å²) in [5.41, 5.74) is 7.38. The number of nitrogens with zero attached hydrogens (tertiary/aromatic N) is 2. The first-order valence-corrected chi connectivity index (χ1v) is 9.62. The van der Waals surface area contributed by atoms with Crippen molar-refractivity contribution in [2.45, 2.75) is 71.3 Å². The number of piperidine rings is 1. The van der Waals surface area contributed by atoms with Crippen LogP contribution in [0.1, 0.15) is 70.5 Å². The molecule has 0 bridgehead atoms. The standard InChI is InChI=1S/C18H31N3OS/c1-6-12(2)15(19)17(22)21-9-7-13(8-10-21)16-20-14(11-23-16)18(3,4)5/h11-13,15H,6-10,19H2,1-5H3. The number of carbonyl (C=O) groups is 1. The van der Waals surface area contributed by atoms with Gasteiger partial charge in [-0.05, 0) is 18.8 Å². The minimum absolute atomic E-state index is 0.106. The molecular formula is C18H31N3OS. The molecule has 0 aliphatic carbocycles. The molecule has 2 atom stereocenters. The molecule has 1 aliphatic heterocycles. The van der Waals surface area contributed by atoms with Crippen molar-refractivity contribution in [1.82, 2.24) is 9.88 Å². The molecule has 5 heteroatoms. The summed E-state index contributed by atoms with van der Waals surface area (Å²) in [6.07, 6.45) is 2.93. The number of likely N-dealkylation sites (tertiary alicyclic amines) is 1. The summed E-state index contributed by atoms with van der Waals surface area (Å²) in [6, 6.07) is -0.357. The van der Waals surface area contributed by atoms with E-state index in [1.165, 1.54) is 10.7 Å². The predicted octanol–water partition coefficient (Wildman–Crippen LogP) is 3.52. The molecule has 1 aliphatic rings. The molecule has 2 N–H and O–H groups in total. The van der Waals surface area contributed by atoms with Crippen LogP contribution in [0.2, 0.25) is 0 Å². The molecule has 0 radical (unpaired) electrons. The minimum atomic E-state index is -0.357. The normalized spacial score (nSPS) is 19.7. The third kappa shape index (κ3) is 4.32. The third-order valence-corrected chi connectivity index (χ3v) is 6.00. The molecule has 2 heterocycles. The summed E-state index contributed by atoms with van der Waals surface area (Å²) in [6.45, 7) is 12.3. The van der Waals surface area contributed by atoms with Crippen LogP contribution in [0.3, 0.4) is 0 Å². The Morgan fingerprint density at radius 2 is 2.04 bits per heavy atom. The monoisotopic (exact) mass is 337 g/mol. The average Bonchev–Trinajstić information content (AvgIpc) is 3.03. The number of carbonyl (C=O) groups excluding carboxylic acids is 1. The summed E-state index contributed by atoms with van der Waals surface area (Å²) < 4.78 is 0. The fraction of sp³-hybridized carbons (Fsp3) is 0.778. The van der Waals surface area contributed by atoms with Crippen molar-refractivity contribution in [3.63, 3.8) is 0 Å². The second-order valence-electron chi connectivity index (χ2n) is 7.83. The Morgan fingerprint density at radius 3 is 2.52 bits per heavy atom. The molecule has 1 aromatic rings. The number of rotatable bonds is 4. The molecule has 1 amide bonds. The largest absolute Gasteiger partial charge is 0.341 e. The lowest BCUT2D eigenvalue weighted by atomic mass is 9.92. The van der Waals surface area contributed by atoms with Crippen LogP contribution < -0.4 is 5.73 Å². The number of hydrogen-bond acceptors (Lipinski definition) is 4. The quantitative estimate of drug-likeness (QED) is 0.914. The third-order valence-electron chi connectivity index (χ3n) is 4.99. The minimum Gasteiger partial charge on any atom is -0.341 e. The van der Waals surface area contributed by atoms with E-state index in [1.54, 1.807) is 11.3 Å². The lowest BCUT2D eigenvalue weighted by Gasteiger charge is -2.34. The summed E-state index contributed by atoms with van der Waals surface area (Å²) in [4.78, 5) is 19.3. The highest BCUT2D eigenvalue weighted by atomic mass is 32.1. The van der Waals surface area contributed by atoms with E-state index in [4.69, 9.17) is 10.7 Å². The molecule has 2 unspecified atom stereocenters. The Morgan fingerprint density at radius 1 is 1.43 bits per heavy atom. The van der Waals surface area contributed by atoms with Crippen molar-refractivity contribution in [3.8, 4) is 0 Å². The van der Waals surface area contributed by atoms with Gasteiger partial charge >= 0.3 is 0 Å². The number of amides is 1. The van der Waals surface area contributed by atoms with Crippen molar-refractivity contribution in [2.24, 2.45) is 11.7 Å². The van der Waals surface area contributed by atoms with E-state index in [0.29, 0.717) is 5.92 Å². The molecule has 1 fully saturated rings. The van der Waals surface area contributed by atoms with Crippen LogP contribution >= 0.6 is 11.3 Å². The van der Waals surface area contributed by atoms with Gasteiger partial charge in [-0.1, -0.05) is 41.0 Å². The Hall–Kier alpha value is -0.940. The first kappa shape index (κ1) is 18.4. The summed E-state index contributed by atoms with van der Waals surface area (Å²) in [7, 11) is 0. The van der Waals surface area contributed by atoms with Crippen LogP contribution in [0.25, 0.3) is 0 Å². The second kappa shape index (κ2) is 7.31. The van der Waals surface area contributed by atoms with Crippen LogP contribution in [-0.2, 0) is 10.2 Å². The zero-order valence-corrected chi connectivity index (χ0v) is 15.9. The Kier molecular flexibility index (Phi) is 5.84. The van der Waals surface area contributed by atoms with Gasteiger partial charge in [0.05, 0.1) is 16.7 Å². The van der Waals surface area contributed by atoms with Crippen LogP contribution in [0.15, 0.2) is 5.38 Å². The number of hydrogen-bond donors (Lipinski definition) is 1. The zero-order valence-electron chi connectivity index (χ0n) is 15.1. The van der Waals surface area contributed by atoms with Crippen LogP contribution in [0.5, 0.6) is 0 Å². The molecule has 0 spiro atoms. The lowest BCUT2D eigenvalue weighted by molar-refractivity contribution is -0.134. The Labute approximate surface area is 144 Å². The second-order valence-corrected chi connectivity index (χ2v) is 8.72. The van der Waals surface area contributed by atoms with Gasteiger partial charge in [0.15, 0.2) is 0 Å². The lowest BCUT2D eigenvalue weighted by Crippen LogP contribution is -2.49. The molecule has 2 rings (SSSR count). The van der Waals surface area contributed by atoms with Crippen molar-refractivity contribution in [1.29, 1.82) is 0 Å². The van der Waals surface area contributed by atoms with Gasteiger partial charge in [0.25, 0.3) is 0 Å². The van der Waals surface area contributed by atoms with Gasteiger partial charge in [-0.25, -0.2) is 4.98 Å². The highest BCUT2D eigenvalue weighted by Crippen LogP contribution is 2.33. The van der Waals surface area contributed by atoms with Crippen molar-refractivity contribution in [2.75, 3.05) is 13.1 Å². The number of aromatic nitrogens is 1. The first-order valence-electron chi connectivity index (χ1n) is 8.74. The van der Waals surface area contributed by atoms with E-state index in [-0.39, 0.29) is 23.3 Å². The van der Waals surface area contributed by atoms with Gasteiger partial charge in [0.1, 0.15) is 0 Å². The maximum atomic E-state index is 12.5. The number of thiazole rings is 1. The van der Waals surface area contributed by atoms with E-state index in [0.717, 1.165) is 32.4 Å². The molecule has 0 saturated carbocycles. The Balaban J connectivity index is 1.93. The van der Waals surface area contributed by atoms with E-state index in [2.05, 4.69) is 40.0 Å². The van der Waals surface area contributed by atoms with Gasteiger partial charge in [0.2, 0.25) is 5.91 Å². The maximum Gasteiger partial charge on any atom is 0.239 e. The smallest absolute Gasteiger partial charge is 0.239 e. The van der Waals surface area contributed by atoms with Crippen LogP contribution in [0, 0.1) is 5.92 Å². The maximum absolute atomic E-state index is 12.5. The zero-order chi connectivity index (χ0) is 17.2. The molecule has 4 nitrogen and oxygen atoms in total. The fourth-order valence-corrected chi connectivity index (χ4v) is 4.09. The molecule has 130 valence electrons. The summed E-state index contributed by atoms with van der Waals surface area (Å²) in [5, 5.41) is 3.42. The molecular weight excluding hydrogens is 306 g/mol. The topological polar surface area (TPSA) is 59.2 Å². The molecule has 1 aromatic heterocycles. The van der Waals surface area contributed by atoms with Gasteiger partial charge in [-0.15, -0.1) is 11.3 Å². The molecule has 0 aromatic carbocycles. The van der Waals surface area contributed by atoms with E-state index in [1.807, 2.05) is 4.90 Å².